The molecule has 3 nitrogen and oxygen atoms in total. The number of benzene rings is 1. The molecule has 1 heterocycles. The molecular formula is C16H12ClF3N2O. The summed E-state index contributed by atoms with van der Waals surface area (Å²) in [5, 5.41) is 8.94. The van der Waals surface area contributed by atoms with Crippen molar-refractivity contribution in [2.45, 2.75) is 19.5 Å². The third-order valence-electron chi connectivity index (χ3n) is 3.19. The summed E-state index contributed by atoms with van der Waals surface area (Å²) in [6.07, 6.45) is -3.91. The Kier molecular flexibility index (Phi) is 5.12. The van der Waals surface area contributed by atoms with Gasteiger partial charge in [-0.05, 0) is 30.2 Å². The van der Waals surface area contributed by atoms with E-state index in [1.807, 2.05) is 6.07 Å². The van der Waals surface area contributed by atoms with Crippen molar-refractivity contribution in [2.24, 2.45) is 0 Å². The van der Waals surface area contributed by atoms with E-state index in [-0.39, 0.29) is 17.5 Å². The van der Waals surface area contributed by atoms with Gasteiger partial charge in [0.05, 0.1) is 12.2 Å². The number of pyridine rings is 1. The van der Waals surface area contributed by atoms with E-state index >= 15 is 0 Å². The van der Waals surface area contributed by atoms with E-state index in [4.69, 9.17) is 21.6 Å². The molecule has 0 N–H and O–H groups in total. The molecular weight excluding hydrogens is 329 g/mol. The normalized spacial score (nSPS) is 11.1. The summed E-state index contributed by atoms with van der Waals surface area (Å²) in [4.78, 5) is 3.78. The van der Waals surface area contributed by atoms with E-state index in [2.05, 4.69) is 4.98 Å². The number of aromatic nitrogens is 1. The molecule has 7 heteroatoms. The highest BCUT2D eigenvalue weighted by Crippen LogP contribution is 2.30. The molecule has 0 spiro atoms. The average molecular weight is 341 g/mol. The summed E-state index contributed by atoms with van der Waals surface area (Å²) in [7, 11) is 0. The van der Waals surface area contributed by atoms with E-state index in [0.717, 1.165) is 17.7 Å². The minimum Gasteiger partial charge on any atom is -0.493 e. The first-order chi connectivity index (χ1) is 10.8. The SMILES string of the molecule is Cc1cc(C(F)(F)F)ccc1CCOc1cc(Cl)nc(C#N)c1. The second kappa shape index (κ2) is 6.88. The highest BCUT2D eigenvalue weighted by atomic mass is 35.5. The standard InChI is InChI=1S/C16H12ClF3N2O/c1-10-6-12(16(18,19)20)3-2-11(10)4-5-23-14-7-13(9-21)22-15(17)8-14/h2-3,6-8H,4-5H2,1H3. The Hall–Kier alpha value is -2.26. The zero-order valence-electron chi connectivity index (χ0n) is 12.1. The first kappa shape index (κ1) is 17.1. The fourth-order valence-corrected chi connectivity index (χ4v) is 2.24. The van der Waals surface area contributed by atoms with Crippen LogP contribution in [0.2, 0.25) is 5.15 Å². The van der Waals surface area contributed by atoms with Crippen molar-refractivity contribution in [3.8, 4) is 11.8 Å². The van der Waals surface area contributed by atoms with Crippen molar-refractivity contribution >= 4 is 11.6 Å². The number of alkyl halides is 3. The van der Waals surface area contributed by atoms with E-state index < -0.39 is 11.7 Å². The molecule has 0 aliphatic rings. The molecule has 1 aromatic heterocycles. The first-order valence-electron chi connectivity index (χ1n) is 6.67. The summed E-state index contributed by atoms with van der Waals surface area (Å²) < 4.78 is 43.3. The fourth-order valence-electron chi connectivity index (χ4n) is 2.05. The smallest absolute Gasteiger partial charge is 0.416 e. The molecule has 0 amide bonds. The van der Waals surface area contributed by atoms with Gasteiger partial charge in [0.2, 0.25) is 0 Å². The Morgan fingerprint density at radius 2 is 2.00 bits per heavy atom. The molecule has 0 unspecified atom stereocenters. The minimum atomic E-state index is -4.35. The van der Waals surface area contributed by atoms with Gasteiger partial charge in [0, 0.05) is 18.6 Å². The van der Waals surface area contributed by atoms with Gasteiger partial charge in [0.15, 0.2) is 0 Å². The second-order valence-corrected chi connectivity index (χ2v) is 5.25. The van der Waals surface area contributed by atoms with E-state index in [1.54, 1.807) is 6.92 Å². The van der Waals surface area contributed by atoms with Crippen molar-refractivity contribution in [1.82, 2.24) is 4.98 Å². The Morgan fingerprint density at radius 3 is 2.61 bits per heavy atom. The molecule has 0 saturated carbocycles. The maximum Gasteiger partial charge on any atom is 0.416 e. The zero-order chi connectivity index (χ0) is 17.0. The number of nitrogens with zero attached hydrogens (tertiary/aromatic N) is 2. The lowest BCUT2D eigenvalue weighted by molar-refractivity contribution is -0.137. The number of hydrogen-bond donors (Lipinski definition) is 0. The van der Waals surface area contributed by atoms with Gasteiger partial charge in [-0.25, -0.2) is 4.98 Å². The molecule has 1 aromatic carbocycles. The van der Waals surface area contributed by atoms with Crippen molar-refractivity contribution < 1.29 is 17.9 Å². The molecule has 2 aromatic rings. The summed E-state index contributed by atoms with van der Waals surface area (Å²) in [5.41, 5.74) is 0.782. The lowest BCUT2D eigenvalue weighted by atomic mass is 10.0. The van der Waals surface area contributed by atoms with Crippen LogP contribution in [0.5, 0.6) is 5.75 Å². The maximum atomic E-state index is 12.6. The number of aryl methyl sites for hydroxylation is 1. The molecule has 0 saturated heterocycles. The molecule has 0 aliphatic carbocycles. The predicted molar refractivity (Wildman–Crippen MR) is 79.3 cm³/mol. The van der Waals surface area contributed by atoms with Crippen LogP contribution in [0, 0.1) is 18.3 Å². The van der Waals surface area contributed by atoms with Crippen LogP contribution in [0.3, 0.4) is 0 Å². The zero-order valence-corrected chi connectivity index (χ0v) is 12.9. The van der Waals surface area contributed by atoms with Gasteiger partial charge in [-0.2, -0.15) is 18.4 Å². The molecule has 0 radical (unpaired) electrons. The summed E-state index contributed by atoms with van der Waals surface area (Å²) >= 11 is 5.76. The van der Waals surface area contributed by atoms with Crippen molar-refractivity contribution in [2.75, 3.05) is 6.61 Å². The highest BCUT2D eigenvalue weighted by Gasteiger charge is 2.30. The van der Waals surface area contributed by atoms with Crippen LogP contribution in [-0.2, 0) is 12.6 Å². The van der Waals surface area contributed by atoms with Gasteiger partial charge >= 0.3 is 6.18 Å². The Morgan fingerprint density at radius 1 is 1.26 bits per heavy atom. The topological polar surface area (TPSA) is 45.9 Å². The van der Waals surface area contributed by atoms with Gasteiger partial charge in [-0.15, -0.1) is 0 Å². The Bertz CT molecular complexity index is 754. The second-order valence-electron chi connectivity index (χ2n) is 4.86. The largest absolute Gasteiger partial charge is 0.493 e. The van der Waals surface area contributed by atoms with E-state index in [0.29, 0.717) is 17.7 Å². The van der Waals surface area contributed by atoms with Crippen LogP contribution in [0.1, 0.15) is 22.4 Å². The van der Waals surface area contributed by atoms with Gasteiger partial charge in [0.25, 0.3) is 0 Å². The lowest BCUT2D eigenvalue weighted by Gasteiger charge is -2.12. The number of halogens is 4. The summed E-state index contributed by atoms with van der Waals surface area (Å²) in [6.45, 7) is 1.87. The maximum absolute atomic E-state index is 12.6. The highest BCUT2D eigenvalue weighted by molar-refractivity contribution is 6.29. The molecule has 2 rings (SSSR count). The number of ether oxygens (including phenoxy) is 1. The van der Waals surface area contributed by atoms with Crippen LogP contribution in [0.25, 0.3) is 0 Å². The van der Waals surface area contributed by atoms with Crippen LogP contribution in [-0.4, -0.2) is 11.6 Å². The molecule has 0 fully saturated rings. The molecule has 23 heavy (non-hydrogen) atoms. The lowest BCUT2D eigenvalue weighted by Crippen LogP contribution is -2.07. The number of nitriles is 1. The molecule has 0 bridgehead atoms. The van der Waals surface area contributed by atoms with Crippen LogP contribution in [0.15, 0.2) is 30.3 Å². The summed E-state index contributed by atoms with van der Waals surface area (Å²) in [6, 6.07) is 8.41. The average Bonchev–Trinajstić information content (AvgIpc) is 2.47. The first-order valence-corrected chi connectivity index (χ1v) is 7.04. The molecule has 0 atom stereocenters. The Labute approximate surface area is 136 Å². The Balaban J connectivity index is 2.02. The van der Waals surface area contributed by atoms with Crippen molar-refractivity contribution in [3.05, 3.63) is 57.9 Å². The van der Waals surface area contributed by atoms with E-state index in [1.165, 1.54) is 18.2 Å². The van der Waals surface area contributed by atoms with Crippen LogP contribution >= 0.6 is 11.6 Å². The predicted octanol–water partition coefficient (Wildman–Crippen LogP) is 4.56. The fraction of sp³-hybridized carbons (Fsp3) is 0.250. The van der Waals surface area contributed by atoms with Crippen molar-refractivity contribution in [1.29, 1.82) is 5.26 Å². The van der Waals surface area contributed by atoms with Gasteiger partial charge in [-0.1, -0.05) is 17.7 Å². The molecule has 120 valence electrons. The quantitative estimate of drug-likeness (QED) is 0.767. The number of hydrogen-bond acceptors (Lipinski definition) is 3. The van der Waals surface area contributed by atoms with Crippen LogP contribution in [0.4, 0.5) is 13.2 Å². The van der Waals surface area contributed by atoms with Gasteiger partial charge in [0.1, 0.15) is 22.7 Å². The monoisotopic (exact) mass is 340 g/mol. The van der Waals surface area contributed by atoms with Gasteiger partial charge < -0.3 is 4.74 Å². The van der Waals surface area contributed by atoms with Gasteiger partial charge in [-0.3, -0.25) is 0 Å². The molecule has 0 aliphatic heterocycles. The van der Waals surface area contributed by atoms with Crippen molar-refractivity contribution in [3.63, 3.8) is 0 Å². The number of rotatable bonds is 4. The third kappa shape index (κ3) is 4.60. The minimum absolute atomic E-state index is 0.137. The third-order valence-corrected chi connectivity index (χ3v) is 3.39. The summed E-state index contributed by atoms with van der Waals surface area (Å²) in [5.74, 6) is 0.395. The van der Waals surface area contributed by atoms with E-state index in [9.17, 15) is 13.2 Å². The van der Waals surface area contributed by atoms with Crippen LogP contribution < -0.4 is 4.74 Å².